The topological polar surface area (TPSA) is 0 Å². The maximum Gasteiger partial charge on any atom is 4.00 e. The summed E-state index contributed by atoms with van der Waals surface area (Å²) in [5.74, 6) is 4.93. The fourth-order valence-electron chi connectivity index (χ4n) is 8.16. The minimum atomic E-state index is 0. The van der Waals surface area contributed by atoms with Gasteiger partial charge < -0.3 is 24.8 Å². The largest absolute Gasteiger partial charge is 4.00 e. The van der Waals surface area contributed by atoms with Gasteiger partial charge >= 0.3 is 26.2 Å². The Labute approximate surface area is 257 Å². The first-order chi connectivity index (χ1) is 16.2. The summed E-state index contributed by atoms with van der Waals surface area (Å²) < 4.78 is 0. The Morgan fingerprint density at radius 2 is 1.49 bits per heavy atom. The summed E-state index contributed by atoms with van der Waals surface area (Å²) in [5.41, 5.74) is 9.93. The molecule has 0 heterocycles. The van der Waals surface area contributed by atoms with Crippen LogP contribution in [0.2, 0.25) is 0 Å². The first kappa shape index (κ1) is 32.3. The van der Waals surface area contributed by atoms with Crippen molar-refractivity contribution in [3.8, 4) is 0 Å². The summed E-state index contributed by atoms with van der Waals surface area (Å²) in [7, 11) is 0. The molecule has 0 saturated heterocycles. The van der Waals surface area contributed by atoms with Gasteiger partial charge in [0, 0.05) is 5.41 Å². The van der Waals surface area contributed by atoms with Crippen LogP contribution in [0, 0.1) is 46.3 Å². The van der Waals surface area contributed by atoms with Crippen molar-refractivity contribution >= 4 is 5.57 Å². The average molecular weight is 613 g/mol. The van der Waals surface area contributed by atoms with E-state index in [2.05, 4.69) is 91.8 Å². The molecule has 0 radical (unpaired) electrons. The molecule has 37 heavy (non-hydrogen) atoms. The number of fused-ring (bicyclic) bond motifs is 6. The van der Waals surface area contributed by atoms with Crippen molar-refractivity contribution in [3.05, 3.63) is 101 Å². The van der Waals surface area contributed by atoms with E-state index in [1.807, 2.05) is 30.3 Å². The van der Waals surface area contributed by atoms with E-state index in [-0.39, 0.29) is 61.8 Å². The van der Waals surface area contributed by atoms with E-state index in [9.17, 15) is 0 Å². The molecule has 4 aliphatic carbocycles. The van der Waals surface area contributed by atoms with Gasteiger partial charge in [0.1, 0.15) is 0 Å². The van der Waals surface area contributed by atoms with Crippen LogP contribution < -0.4 is 24.8 Å². The normalized spacial score (nSPS) is 34.9. The van der Waals surface area contributed by atoms with Crippen LogP contribution in [0.4, 0.5) is 0 Å². The van der Waals surface area contributed by atoms with Crippen LogP contribution in [0.15, 0.2) is 83.5 Å². The van der Waals surface area contributed by atoms with Crippen molar-refractivity contribution in [2.75, 3.05) is 0 Å². The van der Waals surface area contributed by atoms with E-state index < -0.39 is 0 Å². The van der Waals surface area contributed by atoms with Crippen LogP contribution >= 0.6 is 0 Å². The molecule has 7 unspecified atom stereocenters. The van der Waals surface area contributed by atoms with Gasteiger partial charge in [0.05, 0.1) is 0 Å². The Bertz CT molecular complexity index is 1150. The molecule has 4 aliphatic rings. The average Bonchev–Trinajstić information content (AvgIpc) is 3.52. The second-order valence-corrected chi connectivity index (χ2v) is 12.0. The predicted molar refractivity (Wildman–Crippen MR) is 146 cm³/mol. The van der Waals surface area contributed by atoms with Gasteiger partial charge in [-0.2, -0.15) is 29.3 Å². The smallest absolute Gasteiger partial charge is 1.00 e. The Balaban J connectivity index is 0.000000542. The number of allylic oxidation sites excluding steroid dienone is 6. The zero-order valence-electron chi connectivity index (χ0n) is 23.7. The Morgan fingerprint density at radius 3 is 2.08 bits per heavy atom. The summed E-state index contributed by atoms with van der Waals surface area (Å²) in [4.78, 5) is 0. The summed E-state index contributed by atoms with van der Waals surface area (Å²) in [6.07, 6.45) is 6.12. The van der Waals surface area contributed by atoms with Crippen molar-refractivity contribution in [2.45, 2.75) is 61.8 Å². The molecule has 0 amide bonds. The summed E-state index contributed by atoms with van der Waals surface area (Å²) in [5, 5.41) is 0. The van der Waals surface area contributed by atoms with Crippen LogP contribution in [0.3, 0.4) is 0 Å². The van der Waals surface area contributed by atoms with Crippen LogP contribution in [-0.4, -0.2) is 0 Å². The molecule has 1 fully saturated rings. The van der Waals surface area contributed by atoms with Gasteiger partial charge in [0.2, 0.25) is 0 Å². The first-order valence-corrected chi connectivity index (χ1v) is 13.4. The molecule has 0 bridgehead atoms. The van der Waals surface area contributed by atoms with Gasteiger partial charge in [-0.1, -0.05) is 114 Å². The fraction of sp³-hybridized carbons (Fsp3) is 0.471. The number of hydrogen-bond acceptors (Lipinski definition) is 0. The third-order valence-corrected chi connectivity index (χ3v) is 11.1. The van der Waals surface area contributed by atoms with Crippen molar-refractivity contribution < 1.29 is 51.0 Å². The van der Waals surface area contributed by atoms with Crippen LogP contribution in [0.5, 0.6) is 0 Å². The second kappa shape index (κ2) is 11.7. The molecule has 0 nitrogen and oxygen atoms in total. The van der Waals surface area contributed by atoms with Gasteiger partial charge in [0.25, 0.3) is 0 Å². The Kier molecular flexibility index (Phi) is 10.2. The van der Waals surface area contributed by atoms with E-state index in [0.29, 0.717) is 29.6 Å². The van der Waals surface area contributed by atoms with Gasteiger partial charge in [-0.15, -0.1) is 6.92 Å². The van der Waals surface area contributed by atoms with Gasteiger partial charge in [-0.05, 0) is 34.7 Å². The molecular formula is C34H42Cl2Zr. The third kappa shape index (κ3) is 4.44. The van der Waals surface area contributed by atoms with E-state index in [1.165, 1.54) is 11.1 Å². The minimum absolute atomic E-state index is 0. The number of hydrogen-bond donors (Lipinski definition) is 0. The third-order valence-electron chi connectivity index (χ3n) is 11.1. The monoisotopic (exact) mass is 610 g/mol. The second-order valence-electron chi connectivity index (χ2n) is 12.0. The standard InChI is InChI=1S/C29H37.C5H5.2ClH.Zr/c1-16-13-14-25-26-23-12-10-9-11-22(23)15-24(26)27-19(4)17(2)18(3)21(6)29(27,8)28(25,7)20(16)5;1-2-4-5-3-1;;;/h9-14,16-18,20-21H,15H2,1-8H3;1-5H;2*1H;/q2*-1;;;+4/p-2. The van der Waals surface area contributed by atoms with Crippen molar-refractivity contribution in [3.63, 3.8) is 0 Å². The van der Waals surface area contributed by atoms with Gasteiger partial charge in [-0.3, -0.25) is 0 Å². The SMILES string of the molecule is C[C-]1C2=C3Cc4ccccc4C3=C3C=CC(C)C(C)C3(C)C2(C)C(C)C(C)C1C.[Cl-].[Cl-].[Zr+4].c1cc[cH-]c1. The zero-order valence-corrected chi connectivity index (χ0v) is 27.7. The molecule has 0 spiro atoms. The molecule has 2 aromatic rings. The molecule has 7 atom stereocenters. The van der Waals surface area contributed by atoms with Crippen molar-refractivity contribution in [1.82, 2.24) is 0 Å². The molecule has 0 aromatic heterocycles. The number of rotatable bonds is 0. The summed E-state index contributed by atoms with van der Waals surface area (Å²) in [6.45, 7) is 20.2. The van der Waals surface area contributed by atoms with E-state index in [0.717, 1.165) is 6.42 Å². The Hall–Kier alpha value is -0.877. The van der Waals surface area contributed by atoms with Crippen molar-refractivity contribution in [1.29, 1.82) is 0 Å². The maximum atomic E-state index is 2.63. The first-order valence-electron chi connectivity index (χ1n) is 13.4. The molecule has 3 heteroatoms. The molecule has 1 saturated carbocycles. The van der Waals surface area contributed by atoms with Crippen LogP contribution in [0.25, 0.3) is 5.57 Å². The predicted octanol–water partition coefficient (Wildman–Crippen LogP) is 3.09. The summed E-state index contributed by atoms with van der Waals surface area (Å²) in [6, 6.07) is 19.2. The maximum absolute atomic E-state index is 2.63. The zero-order chi connectivity index (χ0) is 24.4. The molecule has 2 aromatic carbocycles. The van der Waals surface area contributed by atoms with Crippen LogP contribution in [-0.2, 0) is 32.6 Å². The van der Waals surface area contributed by atoms with E-state index in [4.69, 9.17) is 0 Å². The molecule has 0 aliphatic heterocycles. The quantitative estimate of drug-likeness (QED) is 0.402. The molecule has 6 rings (SSSR count). The van der Waals surface area contributed by atoms with E-state index in [1.54, 1.807) is 28.2 Å². The summed E-state index contributed by atoms with van der Waals surface area (Å²) >= 11 is 0. The molecule has 0 N–H and O–H groups in total. The minimum Gasteiger partial charge on any atom is -1.00 e. The Morgan fingerprint density at radius 1 is 0.865 bits per heavy atom. The van der Waals surface area contributed by atoms with Crippen molar-refractivity contribution in [2.24, 2.45) is 40.4 Å². The van der Waals surface area contributed by atoms with E-state index >= 15 is 0 Å². The fourth-order valence-corrected chi connectivity index (χ4v) is 8.16. The number of halogens is 2. The van der Waals surface area contributed by atoms with Gasteiger partial charge in [-0.25, -0.2) is 18.1 Å². The number of benzene rings is 1. The molecule has 196 valence electrons. The van der Waals surface area contributed by atoms with Gasteiger partial charge in [0.15, 0.2) is 0 Å². The van der Waals surface area contributed by atoms with Crippen LogP contribution in [0.1, 0.15) is 66.5 Å². The molecular weight excluding hydrogens is 571 g/mol.